The zero-order valence-corrected chi connectivity index (χ0v) is 22.8. The van der Waals surface area contributed by atoms with Gasteiger partial charge in [-0.1, -0.05) is 71.0 Å². The van der Waals surface area contributed by atoms with E-state index in [2.05, 4.69) is 44.2 Å². The standard InChI is InChI=1S/C32H40O4/c1-8-23(24-13-14-26-20-27(31(34)35-7)16-15-25(26)19-24)12-10-22-11-17-29(21(3)18-22)36-28(9-2)30(33)32(4,5)6/h11,13-20,23,28H,8-10,12H2,1-7H3. The molecule has 0 spiro atoms. The monoisotopic (exact) mass is 488 g/mol. The zero-order chi connectivity index (χ0) is 26.5. The molecule has 0 aliphatic heterocycles. The number of ketones is 1. The average Bonchev–Trinajstić information content (AvgIpc) is 2.86. The average molecular weight is 489 g/mol. The van der Waals surface area contributed by atoms with Crippen LogP contribution in [0, 0.1) is 12.3 Å². The Bertz CT molecular complexity index is 1220. The van der Waals surface area contributed by atoms with Gasteiger partial charge in [0.2, 0.25) is 0 Å². The van der Waals surface area contributed by atoms with E-state index in [1.54, 1.807) is 0 Å². The third-order valence-corrected chi connectivity index (χ3v) is 6.94. The first-order chi connectivity index (χ1) is 17.1. The molecule has 0 aliphatic rings. The van der Waals surface area contributed by atoms with Gasteiger partial charge in [0.15, 0.2) is 11.9 Å². The minimum atomic E-state index is -0.421. The van der Waals surface area contributed by atoms with E-state index in [1.165, 1.54) is 18.2 Å². The van der Waals surface area contributed by atoms with Crippen molar-refractivity contribution in [2.75, 3.05) is 7.11 Å². The van der Waals surface area contributed by atoms with Crippen LogP contribution in [-0.2, 0) is 16.0 Å². The van der Waals surface area contributed by atoms with E-state index in [-0.39, 0.29) is 11.8 Å². The molecule has 192 valence electrons. The van der Waals surface area contributed by atoms with Crippen molar-refractivity contribution in [3.8, 4) is 5.75 Å². The molecular formula is C32H40O4. The van der Waals surface area contributed by atoms with Crippen LogP contribution in [0.4, 0.5) is 0 Å². The molecule has 36 heavy (non-hydrogen) atoms. The Hall–Kier alpha value is -3.14. The molecule has 3 aromatic carbocycles. The van der Waals surface area contributed by atoms with Gasteiger partial charge in [-0.2, -0.15) is 0 Å². The molecule has 3 aromatic rings. The Morgan fingerprint density at radius 1 is 0.889 bits per heavy atom. The molecule has 0 saturated heterocycles. The third-order valence-electron chi connectivity index (χ3n) is 6.94. The Kier molecular flexibility index (Phi) is 8.94. The van der Waals surface area contributed by atoms with Gasteiger partial charge >= 0.3 is 5.97 Å². The summed E-state index contributed by atoms with van der Waals surface area (Å²) in [6.45, 7) is 12.1. The fourth-order valence-electron chi connectivity index (χ4n) is 4.67. The number of Topliss-reactive ketones (excluding diaryl/α,β-unsaturated/α-hetero) is 1. The maximum Gasteiger partial charge on any atom is 0.337 e. The molecule has 0 radical (unpaired) electrons. The molecule has 4 heteroatoms. The molecule has 4 nitrogen and oxygen atoms in total. The summed E-state index contributed by atoms with van der Waals surface area (Å²) in [4.78, 5) is 24.6. The summed E-state index contributed by atoms with van der Waals surface area (Å²) >= 11 is 0. The number of esters is 1. The van der Waals surface area contributed by atoms with Gasteiger partial charge in [-0.15, -0.1) is 0 Å². The van der Waals surface area contributed by atoms with Crippen LogP contribution in [0.25, 0.3) is 10.8 Å². The van der Waals surface area contributed by atoms with Crippen LogP contribution < -0.4 is 4.74 Å². The molecule has 3 rings (SSSR count). The number of methoxy groups -OCH3 is 1. The normalized spacial score (nSPS) is 13.3. The minimum Gasteiger partial charge on any atom is -0.482 e. The number of benzene rings is 3. The molecule has 0 aromatic heterocycles. The first-order valence-electron chi connectivity index (χ1n) is 13.0. The maximum atomic E-state index is 12.7. The van der Waals surface area contributed by atoms with Crippen molar-refractivity contribution in [3.63, 3.8) is 0 Å². The molecule has 0 N–H and O–H groups in total. The predicted octanol–water partition coefficient (Wildman–Crippen LogP) is 7.83. The Morgan fingerprint density at radius 2 is 1.58 bits per heavy atom. The second-order valence-electron chi connectivity index (χ2n) is 10.7. The van der Waals surface area contributed by atoms with Gasteiger partial charge in [-0.3, -0.25) is 4.79 Å². The Labute approximate surface area is 216 Å². The Morgan fingerprint density at radius 3 is 2.19 bits per heavy atom. The molecule has 0 saturated carbocycles. The second kappa shape index (κ2) is 11.7. The van der Waals surface area contributed by atoms with Crippen LogP contribution in [0.3, 0.4) is 0 Å². The summed E-state index contributed by atoms with van der Waals surface area (Å²) in [7, 11) is 1.40. The van der Waals surface area contributed by atoms with Gasteiger partial charge < -0.3 is 9.47 Å². The quantitative estimate of drug-likeness (QED) is 0.273. The van der Waals surface area contributed by atoms with Gasteiger partial charge in [0.05, 0.1) is 12.7 Å². The molecule has 0 bridgehead atoms. The van der Waals surface area contributed by atoms with Gasteiger partial charge in [0.1, 0.15) is 5.75 Å². The predicted molar refractivity (Wildman–Crippen MR) is 147 cm³/mol. The molecule has 0 amide bonds. The summed E-state index contributed by atoms with van der Waals surface area (Å²) in [5.74, 6) is 1.05. The number of carbonyl (C=O) groups is 2. The first kappa shape index (κ1) is 27.4. The minimum absolute atomic E-state index is 0.135. The van der Waals surface area contributed by atoms with Crippen molar-refractivity contribution in [2.24, 2.45) is 5.41 Å². The zero-order valence-electron chi connectivity index (χ0n) is 22.8. The van der Waals surface area contributed by atoms with E-state index >= 15 is 0 Å². The number of carbonyl (C=O) groups excluding carboxylic acids is 2. The van der Waals surface area contributed by atoms with Gasteiger partial charge in [0.25, 0.3) is 0 Å². The van der Waals surface area contributed by atoms with Crippen LogP contribution in [0.15, 0.2) is 54.6 Å². The van der Waals surface area contributed by atoms with E-state index in [0.29, 0.717) is 17.9 Å². The highest BCUT2D eigenvalue weighted by Crippen LogP contribution is 2.30. The number of hydrogen-bond donors (Lipinski definition) is 0. The summed E-state index contributed by atoms with van der Waals surface area (Å²) in [6, 6.07) is 18.5. The van der Waals surface area contributed by atoms with Crippen molar-refractivity contribution >= 4 is 22.5 Å². The second-order valence-corrected chi connectivity index (χ2v) is 10.7. The summed E-state index contributed by atoms with van der Waals surface area (Å²) in [5.41, 5.74) is 3.81. The number of hydrogen-bond acceptors (Lipinski definition) is 4. The molecule has 2 atom stereocenters. The maximum absolute atomic E-state index is 12.7. The fraction of sp³-hybridized carbons (Fsp3) is 0.438. The fourth-order valence-corrected chi connectivity index (χ4v) is 4.67. The summed E-state index contributed by atoms with van der Waals surface area (Å²) in [6.07, 6.45) is 3.30. The number of ether oxygens (including phenoxy) is 2. The van der Waals surface area contributed by atoms with E-state index in [0.717, 1.165) is 41.3 Å². The first-order valence-corrected chi connectivity index (χ1v) is 13.0. The van der Waals surface area contributed by atoms with E-state index in [1.807, 2.05) is 52.0 Å². The highest BCUT2D eigenvalue weighted by molar-refractivity contribution is 5.95. The number of aryl methyl sites for hydroxylation is 2. The smallest absolute Gasteiger partial charge is 0.337 e. The van der Waals surface area contributed by atoms with Crippen molar-refractivity contribution in [1.82, 2.24) is 0 Å². The highest BCUT2D eigenvalue weighted by Gasteiger charge is 2.30. The molecule has 0 fully saturated rings. The van der Waals surface area contributed by atoms with Crippen LogP contribution in [0.2, 0.25) is 0 Å². The lowest BCUT2D eigenvalue weighted by molar-refractivity contribution is -0.133. The molecule has 0 aliphatic carbocycles. The SMILES string of the molecule is CCC(Oc1ccc(CCC(CC)c2ccc3cc(C(=O)OC)ccc3c2)cc1C)C(=O)C(C)(C)C. The Balaban J connectivity index is 1.70. The van der Waals surface area contributed by atoms with Crippen molar-refractivity contribution in [3.05, 3.63) is 76.9 Å². The van der Waals surface area contributed by atoms with Gasteiger partial charge in [0, 0.05) is 5.41 Å². The summed E-state index contributed by atoms with van der Waals surface area (Å²) < 4.78 is 11.0. The highest BCUT2D eigenvalue weighted by atomic mass is 16.5. The topological polar surface area (TPSA) is 52.6 Å². The largest absolute Gasteiger partial charge is 0.482 e. The number of rotatable bonds is 10. The molecule has 0 heterocycles. The van der Waals surface area contributed by atoms with Crippen molar-refractivity contribution in [2.45, 2.75) is 79.2 Å². The van der Waals surface area contributed by atoms with Gasteiger partial charge in [-0.25, -0.2) is 4.79 Å². The lowest BCUT2D eigenvalue weighted by atomic mass is 9.86. The van der Waals surface area contributed by atoms with Crippen molar-refractivity contribution < 1.29 is 19.1 Å². The van der Waals surface area contributed by atoms with Crippen molar-refractivity contribution in [1.29, 1.82) is 0 Å². The van der Waals surface area contributed by atoms with Crippen LogP contribution in [0.1, 0.15) is 86.8 Å². The lowest BCUT2D eigenvalue weighted by Crippen LogP contribution is -2.36. The van der Waals surface area contributed by atoms with E-state index < -0.39 is 11.5 Å². The summed E-state index contributed by atoms with van der Waals surface area (Å²) in [5, 5.41) is 2.17. The number of fused-ring (bicyclic) bond motifs is 1. The van der Waals surface area contributed by atoms with E-state index in [9.17, 15) is 9.59 Å². The lowest BCUT2D eigenvalue weighted by Gasteiger charge is -2.25. The van der Waals surface area contributed by atoms with Crippen LogP contribution in [-0.4, -0.2) is 25.0 Å². The van der Waals surface area contributed by atoms with Crippen LogP contribution in [0.5, 0.6) is 5.75 Å². The molecule has 2 unspecified atom stereocenters. The van der Waals surface area contributed by atoms with Crippen LogP contribution >= 0.6 is 0 Å². The van der Waals surface area contributed by atoms with Gasteiger partial charge in [-0.05, 0) is 84.2 Å². The van der Waals surface area contributed by atoms with E-state index in [4.69, 9.17) is 9.47 Å². The molecular weight excluding hydrogens is 448 g/mol. The third kappa shape index (κ3) is 6.54.